The van der Waals surface area contributed by atoms with Crippen LogP contribution in [-0.2, 0) is 4.79 Å². The van der Waals surface area contributed by atoms with Crippen molar-refractivity contribution in [2.75, 3.05) is 0 Å². The second-order valence-electron chi connectivity index (χ2n) is 3.76. The number of aliphatic hydroxyl groups is 1. The largest absolute Gasteiger partial charge is 0.384 e. The van der Waals surface area contributed by atoms with Gasteiger partial charge in [-0.1, -0.05) is 0 Å². The highest BCUT2D eigenvalue weighted by Gasteiger charge is 2.21. The lowest BCUT2D eigenvalue weighted by atomic mass is 10.3. The Morgan fingerprint density at radius 3 is 1.92 bits per heavy atom. The molecule has 0 heterocycles. The molecule has 0 rings (SSSR count). The summed E-state index contributed by atoms with van der Waals surface area (Å²) in [7, 11) is 0. The number of rotatable bonds is 4. The quantitative estimate of drug-likeness (QED) is 0.632. The van der Waals surface area contributed by atoms with Crippen LogP contribution in [-0.4, -0.2) is 34.2 Å². The van der Waals surface area contributed by atoms with Crippen LogP contribution in [0.3, 0.4) is 0 Å². The monoisotopic (exact) mass is 188 g/mol. The first-order valence-electron chi connectivity index (χ1n) is 4.63. The number of aliphatic hydroxyl groups excluding tert-OH is 1. The average molecular weight is 188 g/mol. The minimum absolute atomic E-state index is 0.0458. The second kappa shape index (κ2) is 5.19. The summed E-state index contributed by atoms with van der Waals surface area (Å²) in [5, 5.41) is 10.6. The van der Waals surface area contributed by atoms with Gasteiger partial charge in [0, 0.05) is 12.1 Å². The van der Waals surface area contributed by atoms with Crippen molar-refractivity contribution < 1.29 is 9.90 Å². The summed E-state index contributed by atoms with van der Waals surface area (Å²) in [4.78, 5) is 11.4. The van der Waals surface area contributed by atoms with E-state index in [9.17, 15) is 4.79 Å². The molecule has 0 bridgehead atoms. The van der Waals surface area contributed by atoms with Gasteiger partial charge in [-0.05, 0) is 34.6 Å². The Balaban J connectivity index is 4.33. The number of hydrogen-bond donors (Lipinski definition) is 2. The van der Waals surface area contributed by atoms with Gasteiger partial charge in [-0.25, -0.2) is 5.43 Å². The molecule has 0 aliphatic rings. The van der Waals surface area contributed by atoms with E-state index in [4.69, 9.17) is 5.11 Å². The zero-order chi connectivity index (χ0) is 10.6. The van der Waals surface area contributed by atoms with E-state index in [2.05, 4.69) is 5.43 Å². The molecule has 1 atom stereocenters. The summed E-state index contributed by atoms with van der Waals surface area (Å²) in [6.07, 6.45) is -0.950. The molecular formula is C9H20N2O2. The van der Waals surface area contributed by atoms with Gasteiger partial charge in [-0.2, -0.15) is 0 Å². The maximum Gasteiger partial charge on any atom is 0.265 e. The summed E-state index contributed by atoms with van der Waals surface area (Å²) < 4.78 is 0. The normalized spacial score (nSPS) is 13.5. The topological polar surface area (TPSA) is 52.6 Å². The van der Waals surface area contributed by atoms with Crippen LogP contribution in [0.15, 0.2) is 0 Å². The Labute approximate surface area is 79.9 Å². The lowest BCUT2D eigenvalue weighted by molar-refractivity contribution is -0.145. The molecule has 4 nitrogen and oxygen atoms in total. The van der Waals surface area contributed by atoms with E-state index >= 15 is 0 Å². The fourth-order valence-corrected chi connectivity index (χ4v) is 0.947. The van der Waals surface area contributed by atoms with E-state index in [1.54, 1.807) is 0 Å². The van der Waals surface area contributed by atoms with E-state index < -0.39 is 6.10 Å². The van der Waals surface area contributed by atoms with Gasteiger partial charge in [0.15, 0.2) is 0 Å². The van der Waals surface area contributed by atoms with Crippen LogP contribution in [0.2, 0.25) is 0 Å². The number of carbonyl (C=O) groups is 1. The van der Waals surface area contributed by atoms with Gasteiger partial charge in [0.25, 0.3) is 5.91 Å². The first-order chi connectivity index (χ1) is 5.86. The van der Waals surface area contributed by atoms with Crippen molar-refractivity contribution in [1.82, 2.24) is 10.4 Å². The molecule has 0 aromatic heterocycles. The summed E-state index contributed by atoms with van der Waals surface area (Å²) in [5.74, 6) is -0.288. The molecule has 0 aromatic rings. The molecular weight excluding hydrogens is 168 g/mol. The fraction of sp³-hybridized carbons (Fsp3) is 0.889. The molecule has 0 fully saturated rings. The Kier molecular flexibility index (Phi) is 4.95. The van der Waals surface area contributed by atoms with E-state index in [0.717, 1.165) is 0 Å². The zero-order valence-electron chi connectivity index (χ0n) is 9.03. The Morgan fingerprint density at radius 1 is 1.23 bits per heavy atom. The molecule has 0 aliphatic carbocycles. The third kappa shape index (κ3) is 4.24. The molecule has 0 aromatic carbocycles. The van der Waals surface area contributed by atoms with Gasteiger partial charge in [0.2, 0.25) is 0 Å². The van der Waals surface area contributed by atoms with Crippen molar-refractivity contribution in [3.8, 4) is 0 Å². The zero-order valence-corrected chi connectivity index (χ0v) is 9.03. The Bertz CT molecular complexity index is 167. The third-order valence-electron chi connectivity index (χ3n) is 1.51. The first-order valence-corrected chi connectivity index (χ1v) is 4.63. The van der Waals surface area contributed by atoms with Gasteiger partial charge in [-0.3, -0.25) is 9.80 Å². The van der Waals surface area contributed by atoms with Gasteiger partial charge in [-0.15, -0.1) is 0 Å². The van der Waals surface area contributed by atoms with Crippen LogP contribution in [0.4, 0.5) is 0 Å². The van der Waals surface area contributed by atoms with Crippen LogP contribution in [0.25, 0.3) is 0 Å². The van der Waals surface area contributed by atoms with Crippen molar-refractivity contribution in [3.63, 3.8) is 0 Å². The standard InChI is InChI=1S/C9H20N2O2/c1-6(2)10-11(7(3)4)9(13)8(5)12/h6-8,10,12H,1-5H3. The smallest absolute Gasteiger partial charge is 0.265 e. The summed E-state index contributed by atoms with van der Waals surface area (Å²) >= 11 is 0. The lowest BCUT2D eigenvalue weighted by Gasteiger charge is -2.30. The highest BCUT2D eigenvalue weighted by atomic mass is 16.3. The molecule has 0 spiro atoms. The van der Waals surface area contributed by atoms with Crippen LogP contribution < -0.4 is 5.43 Å². The predicted octanol–water partition coefficient (Wildman–Crippen LogP) is 0.517. The van der Waals surface area contributed by atoms with E-state index in [-0.39, 0.29) is 18.0 Å². The van der Waals surface area contributed by atoms with Crippen LogP contribution in [0.1, 0.15) is 34.6 Å². The van der Waals surface area contributed by atoms with E-state index in [1.807, 2.05) is 27.7 Å². The van der Waals surface area contributed by atoms with Crippen molar-refractivity contribution in [2.24, 2.45) is 0 Å². The summed E-state index contributed by atoms with van der Waals surface area (Å²) in [6, 6.07) is 0.231. The van der Waals surface area contributed by atoms with Gasteiger partial charge in [0.05, 0.1) is 0 Å². The van der Waals surface area contributed by atoms with Crippen molar-refractivity contribution in [3.05, 3.63) is 0 Å². The van der Waals surface area contributed by atoms with Crippen LogP contribution >= 0.6 is 0 Å². The minimum Gasteiger partial charge on any atom is -0.384 e. The Morgan fingerprint density at radius 2 is 1.69 bits per heavy atom. The minimum atomic E-state index is -0.950. The van der Waals surface area contributed by atoms with Gasteiger partial charge >= 0.3 is 0 Å². The predicted molar refractivity (Wildman–Crippen MR) is 51.9 cm³/mol. The van der Waals surface area contributed by atoms with Crippen LogP contribution in [0.5, 0.6) is 0 Å². The average Bonchev–Trinajstić information content (AvgIpc) is 1.97. The highest BCUT2D eigenvalue weighted by Crippen LogP contribution is 1.99. The first kappa shape index (κ1) is 12.4. The molecule has 0 radical (unpaired) electrons. The third-order valence-corrected chi connectivity index (χ3v) is 1.51. The number of hydrazine groups is 1. The Hall–Kier alpha value is -0.610. The highest BCUT2D eigenvalue weighted by molar-refractivity contribution is 5.80. The maximum atomic E-state index is 11.4. The SMILES string of the molecule is CC(C)NN(C(=O)C(C)O)C(C)C. The maximum absolute atomic E-state index is 11.4. The van der Waals surface area contributed by atoms with Crippen LogP contribution in [0, 0.1) is 0 Å². The number of nitrogens with zero attached hydrogens (tertiary/aromatic N) is 1. The number of hydrogen-bond acceptors (Lipinski definition) is 3. The molecule has 4 heteroatoms. The molecule has 1 amide bonds. The molecule has 0 saturated carbocycles. The molecule has 78 valence electrons. The van der Waals surface area contributed by atoms with Gasteiger partial charge in [0.1, 0.15) is 6.10 Å². The summed E-state index contributed by atoms with van der Waals surface area (Å²) in [5.41, 5.74) is 2.98. The van der Waals surface area contributed by atoms with E-state index in [0.29, 0.717) is 0 Å². The molecule has 0 aliphatic heterocycles. The van der Waals surface area contributed by atoms with Gasteiger partial charge < -0.3 is 5.11 Å². The fourth-order valence-electron chi connectivity index (χ4n) is 0.947. The lowest BCUT2D eigenvalue weighted by Crippen LogP contribution is -2.53. The van der Waals surface area contributed by atoms with Crippen molar-refractivity contribution >= 4 is 5.91 Å². The molecule has 1 unspecified atom stereocenters. The number of carbonyl (C=O) groups excluding carboxylic acids is 1. The molecule has 13 heavy (non-hydrogen) atoms. The second-order valence-corrected chi connectivity index (χ2v) is 3.76. The number of nitrogens with one attached hydrogen (secondary N) is 1. The van der Waals surface area contributed by atoms with Crippen molar-refractivity contribution in [2.45, 2.75) is 52.8 Å². The van der Waals surface area contributed by atoms with Crippen molar-refractivity contribution in [1.29, 1.82) is 0 Å². The molecule has 2 N–H and O–H groups in total. The van der Waals surface area contributed by atoms with E-state index in [1.165, 1.54) is 11.9 Å². The molecule has 0 saturated heterocycles. The number of amides is 1. The summed E-state index contributed by atoms with van der Waals surface area (Å²) in [6.45, 7) is 9.17.